The summed E-state index contributed by atoms with van der Waals surface area (Å²) in [4.78, 5) is 6.49. The van der Waals surface area contributed by atoms with E-state index in [9.17, 15) is 8.42 Å². The molecule has 23 heavy (non-hydrogen) atoms. The van der Waals surface area contributed by atoms with Crippen molar-refractivity contribution in [2.24, 2.45) is 0 Å². The molecule has 1 heterocycles. The molecule has 1 aromatic carbocycles. The number of sulfonamides is 1. The lowest BCUT2D eigenvalue weighted by Crippen LogP contribution is -2.40. The van der Waals surface area contributed by atoms with Crippen LogP contribution < -0.4 is 4.72 Å². The van der Waals surface area contributed by atoms with Crippen molar-refractivity contribution in [3.8, 4) is 0 Å². The SMILES string of the molecule is CCCCN(C)C[C@@H](C)NS(=O)(=O)c1ccc2cnccc2c1. The van der Waals surface area contributed by atoms with Crippen molar-refractivity contribution in [1.82, 2.24) is 14.6 Å². The lowest BCUT2D eigenvalue weighted by molar-refractivity contribution is 0.304. The number of aromatic nitrogens is 1. The fourth-order valence-corrected chi connectivity index (χ4v) is 3.86. The molecule has 1 aromatic heterocycles. The minimum absolute atomic E-state index is 0.144. The smallest absolute Gasteiger partial charge is 0.240 e. The standard InChI is InChI=1S/C17H25N3O2S/c1-4-5-10-20(3)13-14(2)19-23(21,22)17-7-6-16-12-18-9-8-15(16)11-17/h6-9,11-12,14,19H,4-5,10,13H2,1-3H3/t14-/m1/s1. The van der Waals surface area contributed by atoms with E-state index in [4.69, 9.17) is 0 Å². The van der Waals surface area contributed by atoms with Gasteiger partial charge in [-0.15, -0.1) is 0 Å². The molecule has 0 fully saturated rings. The molecule has 0 saturated carbocycles. The molecule has 126 valence electrons. The molecule has 1 atom stereocenters. The second kappa shape index (κ2) is 7.86. The Morgan fingerprint density at radius 1 is 1.26 bits per heavy atom. The number of benzene rings is 1. The number of hydrogen-bond donors (Lipinski definition) is 1. The molecule has 0 saturated heterocycles. The number of rotatable bonds is 8. The first-order chi connectivity index (χ1) is 10.9. The summed E-state index contributed by atoms with van der Waals surface area (Å²) < 4.78 is 27.8. The molecule has 0 spiro atoms. The fourth-order valence-electron chi connectivity index (χ4n) is 2.59. The van der Waals surface area contributed by atoms with Gasteiger partial charge in [0.25, 0.3) is 0 Å². The van der Waals surface area contributed by atoms with Crippen LogP contribution >= 0.6 is 0 Å². The first-order valence-corrected chi connectivity index (χ1v) is 9.45. The average Bonchev–Trinajstić information content (AvgIpc) is 2.51. The molecule has 2 rings (SSSR count). The Bertz CT molecular complexity index is 746. The van der Waals surface area contributed by atoms with E-state index in [1.165, 1.54) is 0 Å². The Morgan fingerprint density at radius 3 is 2.78 bits per heavy atom. The van der Waals surface area contributed by atoms with Gasteiger partial charge in [0.15, 0.2) is 0 Å². The van der Waals surface area contributed by atoms with Gasteiger partial charge in [0.05, 0.1) is 4.90 Å². The van der Waals surface area contributed by atoms with Gasteiger partial charge in [-0.25, -0.2) is 13.1 Å². The largest absolute Gasteiger partial charge is 0.305 e. The van der Waals surface area contributed by atoms with E-state index >= 15 is 0 Å². The number of nitrogens with zero attached hydrogens (tertiary/aromatic N) is 2. The number of fused-ring (bicyclic) bond motifs is 1. The van der Waals surface area contributed by atoms with E-state index in [0.29, 0.717) is 11.4 Å². The van der Waals surface area contributed by atoms with E-state index in [-0.39, 0.29) is 6.04 Å². The summed E-state index contributed by atoms with van der Waals surface area (Å²) >= 11 is 0. The van der Waals surface area contributed by atoms with Gasteiger partial charge in [-0.2, -0.15) is 0 Å². The van der Waals surface area contributed by atoms with Gasteiger partial charge in [0.1, 0.15) is 0 Å². The van der Waals surface area contributed by atoms with Crippen LogP contribution in [0.25, 0.3) is 10.8 Å². The van der Waals surface area contributed by atoms with Gasteiger partial charge < -0.3 is 4.90 Å². The molecular formula is C17H25N3O2S. The molecule has 6 heteroatoms. The molecule has 0 radical (unpaired) electrons. The Balaban J connectivity index is 2.07. The quantitative estimate of drug-likeness (QED) is 0.805. The van der Waals surface area contributed by atoms with Crippen LogP contribution in [0.4, 0.5) is 0 Å². The van der Waals surface area contributed by atoms with Gasteiger partial charge in [0.2, 0.25) is 10.0 Å². The summed E-state index contributed by atoms with van der Waals surface area (Å²) in [6.07, 6.45) is 5.65. The van der Waals surface area contributed by atoms with Crippen molar-refractivity contribution in [2.75, 3.05) is 20.1 Å². The number of unbranched alkanes of at least 4 members (excludes halogenated alkanes) is 1. The van der Waals surface area contributed by atoms with E-state index in [1.54, 1.807) is 30.6 Å². The summed E-state index contributed by atoms with van der Waals surface area (Å²) in [5.74, 6) is 0. The van der Waals surface area contributed by atoms with Crippen LogP contribution in [-0.2, 0) is 10.0 Å². The van der Waals surface area contributed by atoms with Crippen LogP contribution in [0.3, 0.4) is 0 Å². The minimum Gasteiger partial charge on any atom is -0.305 e. The van der Waals surface area contributed by atoms with Crippen molar-refractivity contribution in [2.45, 2.75) is 37.6 Å². The summed E-state index contributed by atoms with van der Waals surface area (Å²) in [5.41, 5.74) is 0. The molecule has 1 N–H and O–H groups in total. The third-order valence-electron chi connectivity index (χ3n) is 3.76. The highest BCUT2D eigenvalue weighted by molar-refractivity contribution is 7.89. The molecule has 0 aliphatic rings. The predicted octanol–water partition coefficient (Wildman–Crippen LogP) is 2.63. The minimum atomic E-state index is -3.51. The first-order valence-electron chi connectivity index (χ1n) is 7.97. The normalized spacial score (nSPS) is 13.6. The zero-order valence-corrected chi connectivity index (χ0v) is 14.8. The highest BCUT2D eigenvalue weighted by Gasteiger charge is 2.18. The van der Waals surface area contributed by atoms with Crippen LogP contribution in [0.15, 0.2) is 41.6 Å². The third-order valence-corrected chi connectivity index (χ3v) is 5.34. The fraction of sp³-hybridized carbons (Fsp3) is 0.471. The highest BCUT2D eigenvalue weighted by atomic mass is 32.2. The Morgan fingerprint density at radius 2 is 2.04 bits per heavy atom. The topological polar surface area (TPSA) is 62.3 Å². The monoisotopic (exact) mass is 335 g/mol. The molecular weight excluding hydrogens is 310 g/mol. The van der Waals surface area contributed by atoms with Crippen molar-refractivity contribution in [1.29, 1.82) is 0 Å². The third kappa shape index (κ3) is 4.99. The van der Waals surface area contributed by atoms with Crippen molar-refractivity contribution in [3.63, 3.8) is 0 Å². The Hall–Kier alpha value is -1.50. The van der Waals surface area contributed by atoms with Gasteiger partial charge in [-0.05, 0) is 50.5 Å². The molecule has 0 aliphatic carbocycles. The first kappa shape index (κ1) is 17.8. The van der Waals surface area contributed by atoms with Gasteiger partial charge in [0, 0.05) is 30.4 Å². The van der Waals surface area contributed by atoms with Crippen molar-refractivity contribution in [3.05, 3.63) is 36.7 Å². The van der Waals surface area contributed by atoms with Crippen LogP contribution in [0.5, 0.6) is 0 Å². The molecule has 2 aromatic rings. The van der Waals surface area contributed by atoms with Crippen LogP contribution in [0.1, 0.15) is 26.7 Å². The van der Waals surface area contributed by atoms with Crippen molar-refractivity contribution >= 4 is 20.8 Å². The molecule has 0 aliphatic heterocycles. The second-order valence-electron chi connectivity index (χ2n) is 6.02. The lowest BCUT2D eigenvalue weighted by Gasteiger charge is -2.22. The summed E-state index contributed by atoms with van der Waals surface area (Å²) in [6, 6.07) is 6.77. The van der Waals surface area contributed by atoms with Crippen molar-refractivity contribution < 1.29 is 8.42 Å². The van der Waals surface area contributed by atoms with Crippen LogP contribution in [0, 0.1) is 0 Å². The zero-order chi connectivity index (χ0) is 16.9. The van der Waals surface area contributed by atoms with E-state index in [0.717, 1.165) is 30.2 Å². The summed E-state index contributed by atoms with van der Waals surface area (Å²) in [6.45, 7) is 5.71. The number of likely N-dealkylation sites (N-methyl/N-ethyl adjacent to an activating group) is 1. The summed E-state index contributed by atoms with van der Waals surface area (Å²) in [7, 11) is -1.50. The summed E-state index contributed by atoms with van der Waals surface area (Å²) in [5, 5.41) is 1.80. The number of nitrogens with one attached hydrogen (secondary N) is 1. The Labute approximate surface area is 138 Å². The maximum Gasteiger partial charge on any atom is 0.240 e. The maximum atomic E-state index is 12.5. The molecule has 5 nitrogen and oxygen atoms in total. The zero-order valence-electron chi connectivity index (χ0n) is 14.0. The second-order valence-corrected chi connectivity index (χ2v) is 7.74. The van der Waals surface area contributed by atoms with E-state index in [2.05, 4.69) is 21.5 Å². The number of pyridine rings is 1. The molecule has 0 bridgehead atoms. The van der Waals surface area contributed by atoms with Gasteiger partial charge in [-0.3, -0.25) is 4.98 Å². The lowest BCUT2D eigenvalue weighted by atomic mass is 10.2. The van der Waals surface area contributed by atoms with Gasteiger partial charge >= 0.3 is 0 Å². The van der Waals surface area contributed by atoms with Crippen LogP contribution in [0.2, 0.25) is 0 Å². The van der Waals surface area contributed by atoms with Gasteiger partial charge in [-0.1, -0.05) is 19.4 Å². The van der Waals surface area contributed by atoms with E-state index in [1.807, 2.05) is 20.0 Å². The molecule has 0 unspecified atom stereocenters. The molecule has 0 amide bonds. The number of hydrogen-bond acceptors (Lipinski definition) is 4. The highest BCUT2D eigenvalue weighted by Crippen LogP contribution is 2.18. The predicted molar refractivity (Wildman–Crippen MR) is 93.9 cm³/mol. The maximum absolute atomic E-state index is 12.5. The van der Waals surface area contributed by atoms with E-state index < -0.39 is 10.0 Å². The average molecular weight is 335 g/mol. The Kier molecular flexibility index (Phi) is 6.10. The van der Waals surface area contributed by atoms with Crippen LogP contribution in [-0.4, -0.2) is 44.5 Å².